The summed E-state index contributed by atoms with van der Waals surface area (Å²) in [5, 5.41) is 9.90. The van der Waals surface area contributed by atoms with Crippen molar-refractivity contribution >= 4 is 54.3 Å². The molecule has 0 unspecified atom stereocenters. The predicted octanol–water partition coefficient (Wildman–Crippen LogP) is 12.7. The van der Waals surface area contributed by atoms with Crippen molar-refractivity contribution in [2.45, 2.75) is 19.3 Å². The molecule has 1 aliphatic carbocycles. The monoisotopic (exact) mass is 586 g/mol. The molecule has 46 heavy (non-hydrogen) atoms. The molecule has 0 N–H and O–H groups in total. The van der Waals surface area contributed by atoms with Crippen molar-refractivity contribution < 1.29 is 4.42 Å². The van der Waals surface area contributed by atoms with Gasteiger partial charge in [0.2, 0.25) is 0 Å². The van der Waals surface area contributed by atoms with E-state index in [1.807, 2.05) is 0 Å². The molecular formula is C45H30O. The van der Waals surface area contributed by atoms with Crippen LogP contribution in [0.5, 0.6) is 0 Å². The summed E-state index contributed by atoms with van der Waals surface area (Å²) in [5.74, 6) is 0. The summed E-state index contributed by atoms with van der Waals surface area (Å²) in [4.78, 5) is 0. The van der Waals surface area contributed by atoms with Crippen LogP contribution in [0, 0.1) is 0 Å². The fourth-order valence-corrected chi connectivity index (χ4v) is 8.33. The predicted molar refractivity (Wildman–Crippen MR) is 195 cm³/mol. The molecule has 1 heteroatoms. The Hall–Kier alpha value is -5.66. The third kappa shape index (κ3) is 3.35. The van der Waals surface area contributed by atoms with Crippen molar-refractivity contribution in [1.29, 1.82) is 0 Å². The average Bonchev–Trinajstić information content (AvgIpc) is 3.59. The second-order valence-corrected chi connectivity index (χ2v) is 13.2. The van der Waals surface area contributed by atoms with Crippen molar-refractivity contribution in [3.63, 3.8) is 0 Å². The molecule has 0 saturated heterocycles. The summed E-state index contributed by atoms with van der Waals surface area (Å²) in [6.45, 7) is 4.75. The second-order valence-electron chi connectivity index (χ2n) is 13.2. The quantitative estimate of drug-likeness (QED) is 0.184. The molecule has 0 fully saturated rings. The van der Waals surface area contributed by atoms with Crippen LogP contribution in [0.4, 0.5) is 0 Å². The van der Waals surface area contributed by atoms with Gasteiger partial charge in [0.15, 0.2) is 0 Å². The minimum Gasteiger partial charge on any atom is -0.455 e. The number of rotatable bonds is 2. The van der Waals surface area contributed by atoms with Crippen molar-refractivity contribution in [3.05, 3.63) is 157 Å². The van der Waals surface area contributed by atoms with Gasteiger partial charge in [0, 0.05) is 21.6 Å². The van der Waals surface area contributed by atoms with E-state index < -0.39 is 0 Å². The van der Waals surface area contributed by atoms with Crippen LogP contribution in [0.15, 0.2) is 150 Å². The van der Waals surface area contributed by atoms with Gasteiger partial charge in [0.05, 0.1) is 0 Å². The topological polar surface area (TPSA) is 13.1 Å². The van der Waals surface area contributed by atoms with Gasteiger partial charge in [-0.1, -0.05) is 141 Å². The van der Waals surface area contributed by atoms with E-state index in [-0.39, 0.29) is 5.41 Å². The Morgan fingerprint density at radius 1 is 0.435 bits per heavy atom. The van der Waals surface area contributed by atoms with Gasteiger partial charge in [-0.25, -0.2) is 0 Å². The van der Waals surface area contributed by atoms with E-state index >= 15 is 0 Å². The lowest BCUT2D eigenvalue weighted by molar-refractivity contribution is 0.660. The Morgan fingerprint density at radius 3 is 1.72 bits per heavy atom. The first-order chi connectivity index (χ1) is 22.6. The summed E-state index contributed by atoms with van der Waals surface area (Å²) < 4.78 is 6.61. The van der Waals surface area contributed by atoms with Gasteiger partial charge < -0.3 is 4.42 Å². The zero-order chi connectivity index (χ0) is 30.6. The fraction of sp³-hybridized carbons (Fsp3) is 0.0667. The fourth-order valence-electron chi connectivity index (χ4n) is 8.33. The highest BCUT2D eigenvalue weighted by Gasteiger charge is 2.37. The lowest BCUT2D eigenvalue weighted by Gasteiger charge is -2.23. The zero-order valence-electron chi connectivity index (χ0n) is 25.8. The number of hydrogen-bond acceptors (Lipinski definition) is 1. The highest BCUT2D eigenvalue weighted by Crippen LogP contribution is 2.54. The SMILES string of the molecule is CC1(C)c2cc(-c3c4ccccc4c(-c4ccccc4)c4ccccc34)ccc2-c2c1ccc1ccc3c4ccccc4oc3c21. The Balaban J connectivity index is 1.27. The molecule has 0 amide bonds. The molecule has 1 aliphatic rings. The van der Waals surface area contributed by atoms with E-state index in [2.05, 4.69) is 159 Å². The van der Waals surface area contributed by atoms with Gasteiger partial charge in [0.25, 0.3) is 0 Å². The smallest absolute Gasteiger partial charge is 0.143 e. The number of furan rings is 1. The molecule has 8 aromatic carbocycles. The molecule has 216 valence electrons. The lowest BCUT2D eigenvalue weighted by atomic mass is 9.80. The molecule has 0 atom stereocenters. The van der Waals surface area contributed by atoms with Gasteiger partial charge in [-0.3, -0.25) is 0 Å². The molecule has 1 heterocycles. The van der Waals surface area contributed by atoms with Crippen molar-refractivity contribution in [1.82, 2.24) is 0 Å². The van der Waals surface area contributed by atoms with Crippen LogP contribution in [0.1, 0.15) is 25.0 Å². The van der Waals surface area contributed by atoms with Crippen LogP contribution in [-0.4, -0.2) is 0 Å². The van der Waals surface area contributed by atoms with Crippen LogP contribution in [0.2, 0.25) is 0 Å². The molecule has 0 saturated carbocycles. The van der Waals surface area contributed by atoms with E-state index in [1.54, 1.807) is 0 Å². The van der Waals surface area contributed by atoms with Crippen LogP contribution in [-0.2, 0) is 5.41 Å². The summed E-state index contributed by atoms with van der Waals surface area (Å²) in [7, 11) is 0. The first kappa shape index (κ1) is 25.6. The number of benzene rings is 8. The summed E-state index contributed by atoms with van der Waals surface area (Å²) in [6, 6.07) is 53.3. The molecule has 0 bridgehead atoms. The third-order valence-corrected chi connectivity index (χ3v) is 10.4. The summed E-state index contributed by atoms with van der Waals surface area (Å²) >= 11 is 0. The van der Waals surface area contributed by atoms with Crippen LogP contribution in [0.3, 0.4) is 0 Å². The molecule has 0 spiro atoms. The highest BCUT2D eigenvalue weighted by atomic mass is 16.3. The molecular weight excluding hydrogens is 556 g/mol. The minimum atomic E-state index is -0.168. The minimum absolute atomic E-state index is 0.168. The standard InChI is InChI=1S/C45H30O/c1-45(2)37-25-22-28-20-23-35-30-14-10-11-19-39(30)46-44(35)42(28)43(37)36-24-21-29(26-38(36)45)41-33-17-8-6-15-31(33)40(27-12-4-3-5-13-27)32-16-7-9-18-34(32)41/h3-26H,1-2H3. The number of fused-ring (bicyclic) bond motifs is 11. The summed E-state index contributed by atoms with van der Waals surface area (Å²) in [6.07, 6.45) is 0. The first-order valence-corrected chi connectivity index (χ1v) is 16.1. The van der Waals surface area contributed by atoms with E-state index in [9.17, 15) is 0 Å². The van der Waals surface area contributed by atoms with E-state index in [4.69, 9.17) is 4.42 Å². The van der Waals surface area contributed by atoms with E-state index in [0.717, 1.165) is 11.2 Å². The lowest BCUT2D eigenvalue weighted by Crippen LogP contribution is -2.15. The average molecular weight is 587 g/mol. The normalized spacial score (nSPS) is 13.6. The molecule has 1 aromatic heterocycles. The molecule has 1 nitrogen and oxygen atoms in total. The molecule has 10 rings (SSSR count). The third-order valence-electron chi connectivity index (χ3n) is 10.4. The Morgan fingerprint density at radius 2 is 1.02 bits per heavy atom. The zero-order valence-corrected chi connectivity index (χ0v) is 25.8. The van der Waals surface area contributed by atoms with Crippen molar-refractivity contribution in [3.8, 4) is 33.4 Å². The van der Waals surface area contributed by atoms with Crippen molar-refractivity contribution in [2.75, 3.05) is 0 Å². The van der Waals surface area contributed by atoms with E-state index in [0.29, 0.717) is 0 Å². The Labute approximate surface area is 267 Å². The number of para-hydroxylation sites is 1. The van der Waals surface area contributed by atoms with Crippen LogP contribution in [0.25, 0.3) is 87.6 Å². The van der Waals surface area contributed by atoms with Gasteiger partial charge in [0.1, 0.15) is 11.2 Å². The van der Waals surface area contributed by atoms with Gasteiger partial charge in [-0.2, -0.15) is 0 Å². The van der Waals surface area contributed by atoms with Crippen LogP contribution < -0.4 is 0 Å². The van der Waals surface area contributed by atoms with Gasteiger partial charge in [-0.05, 0) is 89.6 Å². The number of hydrogen-bond donors (Lipinski definition) is 0. The van der Waals surface area contributed by atoms with Gasteiger partial charge >= 0.3 is 0 Å². The van der Waals surface area contributed by atoms with Crippen molar-refractivity contribution in [2.24, 2.45) is 0 Å². The maximum atomic E-state index is 6.61. The Bertz CT molecular complexity index is 2650. The van der Waals surface area contributed by atoms with Crippen LogP contribution >= 0.6 is 0 Å². The largest absolute Gasteiger partial charge is 0.455 e. The first-order valence-electron chi connectivity index (χ1n) is 16.1. The van der Waals surface area contributed by atoms with Gasteiger partial charge in [-0.15, -0.1) is 0 Å². The summed E-state index contributed by atoms with van der Waals surface area (Å²) in [5.41, 5.74) is 12.2. The van der Waals surface area contributed by atoms with E-state index in [1.165, 1.54) is 87.6 Å². The Kier molecular flexibility index (Phi) is 5.12. The maximum absolute atomic E-state index is 6.61. The second kappa shape index (κ2) is 9.19. The molecule has 0 radical (unpaired) electrons. The molecule has 9 aromatic rings. The molecule has 0 aliphatic heterocycles. The highest BCUT2D eigenvalue weighted by molar-refractivity contribution is 6.23. The maximum Gasteiger partial charge on any atom is 0.143 e.